The summed E-state index contributed by atoms with van der Waals surface area (Å²) in [4.78, 5) is 2.03. The highest BCUT2D eigenvalue weighted by atomic mass is 79.9. The quantitative estimate of drug-likeness (QED) is 0.826. The van der Waals surface area contributed by atoms with E-state index in [1.165, 1.54) is 12.1 Å². The molecule has 2 nitrogen and oxygen atoms in total. The lowest BCUT2D eigenvalue weighted by Crippen LogP contribution is -2.19. The van der Waals surface area contributed by atoms with Crippen LogP contribution in [0.4, 0.5) is 4.39 Å². The van der Waals surface area contributed by atoms with E-state index in [-0.39, 0.29) is 5.82 Å². The molecule has 14 heavy (non-hydrogen) atoms. The molecule has 1 aromatic carbocycles. The third-order valence-corrected chi connectivity index (χ3v) is 2.31. The van der Waals surface area contributed by atoms with Crippen LogP contribution in [0.3, 0.4) is 0 Å². The van der Waals surface area contributed by atoms with Crippen molar-refractivity contribution in [2.24, 2.45) is 0 Å². The summed E-state index contributed by atoms with van der Waals surface area (Å²) in [7, 11) is 3.95. The van der Waals surface area contributed by atoms with E-state index in [9.17, 15) is 4.39 Å². The van der Waals surface area contributed by atoms with Gasteiger partial charge < -0.3 is 9.64 Å². The molecule has 0 aromatic heterocycles. The molecule has 0 saturated carbocycles. The normalized spacial score (nSPS) is 10.6. The minimum absolute atomic E-state index is 0.267. The number of ether oxygens (including phenoxy) is 1. The predicted octanol–water partition coefficient (Wildman–Crippen LogP) is 2.53. The fraction of sp³-hybridized carbons (Fsp3) is 0.400. The summed E-state index contributed by atoms with van der Waals surface area (Å²) in [6.07, 6.45) is 0. The highest BCUT2D eigenvalue weighted by Crippen LogP contribution is 2.25. The van der Waals surface area contributed by atoms with Crippen LogP contribution in [0.25, 0.3) is 0 Å². The average molecular weight is 262 g/mol. The highest BCUT2D eigenvalue weighted by Gasteiger charge is 2.02. The summed E-state index contributed by atoms with van der Waals surface area (Å²) in [6, 6.07) is 4.40. The lowest BCUT2D eigenvalue weighted by atomic mass is 10.3. The first kappa shape index (κ1) is 11.5. The molecule has 0 radical (unpaired) electrons. The van der Waals surface area contributed by atoms with Gasteiger partial charge >= 0.3 is 0 Å². The maximum atomic E-state index is 12.7. The largest absolute Gasteiger partial charge is 0.491 e. The van der Waals surface area contributed by atoms with E-state index < -0.39 is 0 Å². The van der Waals surface area contributed by atoms with E-state index in [0.717, 1.165) is 6.54 Å². The van der Waals surface area contributed by atoms with Crippen LogP contribution < -0.4 is 4.74 Å². The fourth-order valence-corrected chi connectivity index (χ4v) is 1.40. The first-order valence-corrected chi connectivity index (χ1v) is 5.11. The molecule has 0 spiro atoms. The third-order valence-electron chi connectivity index (χ3n) is 1.69. The molecule has 0 unspecified atom stereocenters. The Balaban J connectivity index is 2.51. The Kier molecular flexibility index (Phi) is 4.35. The van der Waals surface area contributed by atoms with E-state index in [0.29, 0.717) is 16.8 Å². The van der Waals surface area contributed by atoms with Crippen molar-refractivity contribution in [3.8, 4) is 5.75 Å². The number of rotatable bonds is 4. The molecule has 0 bridgehead atoms. The van der Waals surface area contributed by atoms with Crippen molar-refractivity contribution in [2.75, 3.05) is 27.2 Å². The molecular formula is C10H13BrFNO. The van der Waals surface area contributed by atoms with Gasteiger partial charge in [-0.1, -0.05) is 0 Å². The summed E-state index contributed by atoms with van der Waals surface area (Å²) < 4.78 is 18.8. The Hall–Kier alpha value is -0.610. The Bertz CT molecular complexity index is 304. The van der Waals surface area contributed by atoms with Crippen LogP contribution in [-0.4, -0.2) is 32.1 Å². The second-order valence-corrected chi connectivity index (χ2v) is 4.08. The number of nitrogens with zero attached hydrogens (tertiary/aromatic N) is 1. The van der Waals surface area contributed by atoms with Gasteiger partial charge in [0.1, 0.15) is 18.2 Å². The van der Waals surface area contributed by atoms with Crippen molar-refractivity contribution in [3.63, 3.8) is 0 Å². The zero-order valence-electron chi connectivity index (χ0n) is 8.26. The minimum atomic E-state index is -0.267. The number of likely N-dealkylation sites (N-methyl/N-ethyl adjacent to an activating group) is 1. The second-order valence-electron chi connectivity index (χ2n) is 3.23. The van der Waals surface area contributed by atoms with Gasteiger partial charge in [0.2, 0.25) is 0 Å². The van der Waals surface area contributed by atoms with E-state index in [1.54, 1.807) is 6.07 Å². The molecule has 0 atom stereocenters. The van der Waals surface area contributed by atoms with Crippen molar-refractivity contribution >= 4 is 15.9 Å². The van der Waals surface area contributed by atoms with Crippen LogP contribution in [0.2, 0.25) is 0 Å². The fourth-order valence-electron chi connectivity index (χ4n) is 0.930. The van der Waals surface area contributed by atoms with Gasteiger partial charge in [0, 0.05) is 6.54 Å². The Morgan fingerprint density at radius 3 is 2.71 bits per heavy atom. The third kappa shape index (κ3) is 3.64. The van der Waals surface area contributed by atoms with Gasteiger partial charge in [-0.2, -0.15) is 0 Å². The van der Waals surface area contributed by atoms with Crippen LogP contribution in [0, 0.1) is 5.82 Å². The van der Waals surface area contributed by atoms with Crippen molar-refractivity contribution in [1.29, 1.82) is 0 Å². The summed E-state index contributed by atoms with van der Waals surface area (Å²) in [5.41, 5.74) is 0. The molecule has 0 amide bonds. The SMILES string of the molecule is CN(C)CCOc1ccc(F)cc1Br. The number of hydrogen-bond donors (Lipinski definition) is 0. The predicted molar refractivity (Wildman–Crippen MR) is 58.1 cm³/mol. The molecular weight excluding hydrogens is 249 g/mol. The number of halogens is 2. The maximum absolute atomic E-state index is 12.7. The van der Waals surface area contributed by atoms with Gasteiger partial charge in [0.25, 0.3) is 0 Å². The molecule has 4 heteroatoms. The first-order chi connectivity index (χ1) is 6.59. The Morgan fingerprint density at radius 2 is 2.14 bits per heavy atom. The highest BCUT2D eigenvalue weighted by molar-refractivity contribution is 9.10. The molecule has 0 heterocycles. The standard InChI is InChI=1S/C10H13BrFNO/c1-13(2)5-6-14-10-4-3-8(12)7-9(10)11/h3-4,7H,5-6H2,1-2H3. The molecule has 0 saturated heterocycles. The summed E-state index contributed by atoms with van der Waals surface area (Å²) >= 11 is 3.24. The number of benzene rings is 1. The molecule has 0 aliphatic heterocycles. The summed E-state index contributed by atoms with van der Waals surface area (Å²) in [5, 5.41) is 0. The topological polar surface area (TPSA) is 12.5 Å². The van der Waals surface area contributed by atoms with Crippen LogP contribution in [0.5, 0.6) is 5.75 Å². The first-order valence-electron chi connectivity index (χ1n) is 4.32. The van der Waals surface area contributed by atoms with Gasteiger partial charge in [0.15, 0.2) is 0 Å². The van der Waals surface area contributed by atoms with Gasteiger partial charge in [-0.05, 0) is 48.2 Å². The lowest BCUT2D eigenvalue weighted by Gasteiger charge is -2.11. The van der Waals surface area contributed by atoms with Crippen LogP contribution >= 0.6 is 15.9 Å². The van der Waals surface area contributed by atoms with Crippen molar-refractivity contribution < 1.29 is 9.13 Å². The smallest absolute Gasteiger partial charge is 0.133 e. The van der Waals surface area contributed by atoms with E-state index >= 15 is 0 Å². The van der Waals surface area contributed by atoms with Crippen LogP contribution in [0.1, 0.15) is 0 Å². The Labute approximate surface area is 91.8 Å². The molecule has 0 aliphatic rings. The molecule has 0 fully saturated rings. The molecule has 78 valence electrons. The monoisotopic (exact) mass is 261 g/mol. The van der Waals surface area contributed by atoms with Crippen molar-refractivity contribution in [2.45, 2.75) is 0 Å². The average Bonchev–Trinajstić information content (AvgIpc) is 2.08. The van der Waals surface area contributed by atoms with E-state index in [1.807, 2.05) is 19.0 Å². The maximum Gasteiger partial charge on any atom is 0.133 e. The van der Waals surface area contributed by atoms with Crippen LogP contribution in [0.15, 0.2) is 22.7 Å². The van der Waals surface area contributed by atoms with E-state index in [2.05, 4.69) is 15.9 Å². The summed E-state index contributed by atoms with van der Waals surface area (Å²) in [6.45, 7) is 1.43. The van der Waals surface area contributed by atoms with Gasteiger partial charge in [-0.15, -0.1) is 0 Å². The number of hydrogen-bond acceptors (Lipinski definition) is 2. The summed E-state index contributed by atoms with van der Waals surface area (Å²) in [5.74, 6) is 0.407. The van der Waals surface area contributed by atoms with E-state index in [4.69, 9.17) is 4.74 Å². The molecule has 0 N–H and O–H groups in total. The van der Waals surface area contributed by atoms with Gasteiger partial charge in [0.05, 0.1) is 4.47 Å². The zero-order valence-corrected chi connectivity index (χ0v) is 9.84. The molecule has 1 rings (SSSR count). The minimum Gasteiger partial charge on any atom is -0.491 e. The van der Waals surface area contributed by atoms with Gasteiger partial charge in [-0.3, -0.25) is 0 Å². The van der Waals surface area contributed by atoms with Gasteiger partial charge in [-0.25, -0.2) is 4.39 Å². The van der Waals surface area contributed by atoms with Crippen LogP contribution in [-0.2, 0) is 0 Å². The molecule has 1 aromatic rings. The Morgan fingerprint density at radius 1 is 1.43 bits per heavy atom. The lowest BCUT2D eigenvalue weighted by molar-refractivity contribution is 0.260. The second kappa shape index (κ2) is 5.32. The van der Waals surface area contributed by atoms with Crippen molar-refractivity contribution in [3.05, 3.63) is 28.5 Å². The van der Waals surface area contributed by atoms with Crippen molar-refractivity contribution in [1.82, 2.24) is 4.90 Å². The molecule has 0 aliphatic carbocycles. The zero-order chi connectivity index (χ0) is 10.6.